The molecule has 2 heterocycles. The molecule has 0 aromatic carbocycles. The molecule has 3 rings (SSSR count). The SMILES string of the molecule is CN/C(=N\c1ccc(Br)nc1C=O)C1CCN(C2CC2)CC1. The number of carbonyl (C=O) groups is 1. The number of nitrogens with one attached hydrogen (secondary N) is 1. The van der Waals surface area contributed by atoms with Crippen LogP contribution in [-0.4, -0.2) is 48.2 Å². The lowest BCUT2D eigenvalue weighted by Crippen LogP contribution is -2.40. The average Bonchev–Trinajstić information content (AvgIpc) is 3.39. The Morgan fingerprint density at radius 1 is 1.36 bits per heavy atom. The number of rotatable bonds is 4. The number of piperidine rings is 1. The van der Waals surface area contributed by atoms with Gasteiger partial charge in [-0.3, -0.25) is 4.79 Å². The Hall–Kier alpha value is -1.27. The number of nitrogens with zero attached hydrogens (tertiary/aromatic N) is 3. The lowest BCUT2D eigenvalue weighted by Gasteiger charge is -2.32. The first-order chi connectivity index (χ1) is 10.7. The molecular formula is C16H21BrN4O. The number of aliphatic imine (C=N–C) groups is 1. The topological polar surface area (TPSA) is 57.6 Å². The minimum Gasteiger partial charge on any atom is -0.376 e. The minimum atomic E-state index is 0.373. The normalized spacial score (nSPS) is 20.9. The van der Waals surface area contributed by atoms with E-state index in [1.807, 2.05) is 19.2 Å². The number of pyridine rings is 1. The van der Waals surface area contributed by atoms with Crippen molar-refractivity contribution in [1.82, 2.24) is 15.2 Å². The average molecular weight is 365 g/mol. The molecule has 22 heavy (non-hydrogen) atoms. The molecule has 1 saturated heterocycles. The highest BCUT2D eigenvalue weighted by molar-refractivity contribution is 9.10. The van der Waals surface area contributed by atoms with E-state index >= 15 is 0 Å². The van der Waals surface area contributed by atoms with Gasteiger partial charge in [-0.25, -0.2) is 9.98 Å². The molecule has 0 spiro atoms. The number of hydrogen-bond acceptors (Lipinski definition) is 4. The van der Waals surface area contributed by atoms with Gasteiger partial charge in [0.2, 0.25) is 0 Å². The molecule has 1 aromatic heterocycles. The number of halogens is 1. The van der Waals surface area contributed by atoms with Crippen molar-refractivity contribution < 1.29 is 4.79 Å². The number of hydrogen-bond donors (Lipinski definition) is 1. The van der Waals surface area contributed by atoms with Gasteiger partial charge in [0, 0.05) is 19.0 Å². The maximum atomic E-state index is 11.2. The van der Waals surface area contributed by atoms with Gasteiger partial charge in [0.05, 0.1) is 5.69 Å². The van der Waals surface area contributed by atoms with Gasteiger partial charge in [0.25, 0.3) is 0 Å². The van der Waals surface area contributed by atoms with Gasteiger partial charge in [0.15, 0.2) is 6.29 Å². The monoisotopic (exact) mass is 364 g/mol. The molecule has 6 heteroatoms. The molecule has 1 aromatic rings. The summed E-state index contributed by atoms with van der Waals surface area (Å²) in [6.45, 7) is 2.30. The third kappa shape index (κ3) is 3.55. The predicted octanol–water partition coefficient (Wildman–Crippen LogP) is 2.78. The summed E-state index contributed by atoms with van der Waals surface area (Å²) in [6, 6.07) is 4.49. The molecule has 0 amide bonds. The van der Waals surface area contributed by atoms with Gasteiger partial charge in [-0.15, -0.1) is 0 Å². The van der Waals surface area contributed by atoms with Crippen molar-refractivity contribution in [3.05, 3.63) is 22.4 Å². The summed E-state index contributed by atoms with van der Waals surface area (Å²) >= 11 is 3.28. The first-order valence-corrected chi connectivity index (χ1v) is 8.62. The molecule has 2 fully saturated rings. The molecule has 0 atom stereocenters. The van der Waals surface area contributed by atoms with Crippen molar-refractivity contribution in [1.29, 1.82) is 0 Å². The maximum absolute atomic E-state index is 11.2. The smallest absolute Gasteiger partial charge is 0.170 e. The molecule has 118 valence electrons. The zero-order valence-corrected chi connectivity index (χ0v) is 14.3. The largest absolute Gasteiger partial charge is 0.376 e. The van der Waals surface area contributed by atoms with Gasteiger partial charge < -0.3 is 10.2 Å². The third-order valence-electron chi connectivity index (χ3n) is 4.46. The van der Waals surface area contributed by atoms with E-state index < -0.39 is 0 Å². The summed E-state index contributed by atoms with van der Waals surface area (Å²) in [5.41, 5.74) is 1.00. The number of aldehydes is 1. The Labute approximate surface area is 139 Å². The Balaban J connectivity index is 1.74. The van der Waals surface area contributed by atoms with Crippen molar-refractivity contribution in [3.8, 4) is 0 Å². The van der Waals surface area contributed by atoms with Crippen molar-refractivity contribution in [2.45, 2.75) is 31.7 Å². The van der Waals surface area contributed by atoms with Crippen molar-refractivity contribution in [2.75, 3.05) is 20.1 Å². The summed E-state index contributed by atoms with van der Waals surface area (Å²) in [7, 11) is 1.90. The highest BCUT2D eigenvalue weighted by Gasteiger charge is 2.32. The van der Waals surface area contributed by atoms with Crippen molar-refractivity contribution in [3.63, 3.8) is 0 Å². The van der Waals surface area contributed by atoms with E-state index in [0.29, 0.717) is 21.9 Å². The van der Waals surface area contributed by atoms with E-state index in [4.69, 9.17) is 0 Å². The van der Waals surface area contributed by atoms with Crippen LogP contribution in [0.1, 0.15) is 36.2 Å². The number of likely N-dealkylation sites (tertiary alicyclic amines) is 1. The Kier molecular flexibility index (Phi) is 4.88. The van der Waals surface area contributed by atoms with Gasteiger partial charge in [0.1, 0.15) is 16.1 Å². The van der Waals surface area contributed by atoms with Crippen LogP contribution in [0.2, 0.25) is 0 Å². The standard InChI is InChI=1S/C16H21BrN4O/c1-18-16(11-6-8-21(9-7-11)12-2-3-12)20-13-4-5-15(17)19-14(13)10-22/h4-5,10-12H,2-3,6-9H2,1H3,(H,18,20). The zero-order valence-electron chi connectivity index (χ0n) is 12.8. The molecule has 2 aliphatic rings. The number of carbonyl (C=O) groups excluding carboxylic acids is 1. The predicted molar refractivity (Wildman–Crippen MR) is 90.8 cm³/mol. The maximum Gasteiger partial charge on any atom is 0.170 e. The van der Waals surface area contributed by atoms with Crippen LogP contribution in [0, 0.1) is 5.92 Å². The van der Waals surface area contributed by atoms with Crippen molar-refractivity contribution >= 4 is 33.7 Å². The minimum absolute atomic E-state index is 0.373. The van der Waals surface area contributed by atoms with Crippen LogP contribution in [0.3, 0.4) is 0 Å². The molecule has 1 aliphatic carbocycles. The quantitative estimate of drug-likeness (QED) is 0.386. The fourth-order valence-corrected chi connectivity index (χ4v) is 3.41. The molecular weight excluding hydrogens is 344 g/mol. The Morgan fingerprint density at radius 2 is 2.09 bits per heavy atom. The first-order valence-electron chi connectivity index (χ1n) is 7.83. The van der Waals surface area contributed by atoms with E-state index in [9.17, 15) is 4.79 Å². The summed E-state index contributed by atoms with van der Waals surface area (Å²) in [5, 5.41) is 3.22. The lowest BCUT2D eigenvalue weighted by atomic mass is 9.95. The van der Waals surface area contributed by atoms with E-state index in [1.54, 1.807) is 0 Å². The van der Waals surface area contributed by atoms with E-state index in [2.05, 4.69) is 36.1 Å². The van der Waals surface area contributed by atoms with Crippen LogP contribution in [-0.2, 0) is 0 Å². The number of amidine groups is 1. The van der Waals surface area contributed by atoms with Crippen LogP contribution in [0.4, 0.5) is 5.69 Å². The van der Waals surface area contributed by atoms with Gasteiger partial charge in [-0.2, -0.15) is 0 Å². The summed E-state index contributed by atoms with van der Waals surface area (Å²) < 4.78 is 0.650. The van der Waals surface area contributed by atoms with E-state index in [1.165, 1.54) is 12.8 Å². The molecule has 1 saturated carbocycles. The summed E-state index contributed by atoms with van der Waals surface area (Å²) in [4.78, 5) is 22.6. The first kappa shape index (κ1) is 15.6. The van der Waals surface area contributed by atoms with E-state index in [0.717, 1.165) is 44.1 Å². The van der Waals surface area contributed by atoms with Crippen molar-refractivity contribution in [2.24, 2.45) is 10.9 Å². The molecule has 0 radical (unpaired) electrons. The molecule has 0 unspecified atom stereocenters. The molecule has 0 bridgehead atoms. The van der Waals surface area contributed by atoms with Gasteiger partial charge in [-0.1, -0.05) is 0 Å². The lowest BCUT2D eigenvalue weighted by molar-refractivity contribution is 0.111. The second-order valence-corrected chi connectivity index (χ2v) is 6.76. The fraction of sp³-hybridized carbons (Fsp3) is 0.562. The van der Waals surface area contributed by atoms with Crippen LogP contribution < -0.4 is 5.32 Å². The van der Waals surface area contributed by atoms with Gasteiger partial charge >= 0.3 is 0 Å². The fourth-order valence-electron chi connectivity index (χ4n) is 3.08. The number of aromatic nitrogens is 1. The van der Waals surface area contributed by atoms with Gasteiger partial charge in [-0.05, 0) is 66.8 Å². The van der Waals surface area contributed by atoms with E-state index in [-0.39, 0.29) is 0 Å². The second-order valence-electron chi connectivity index (χ2n) is 5.94. The Bertz CT molecular complexity index is 578. The summed E-state index contributed by atoms with van der Waals surface area (Å²) in [5.74, 6) is 1.39. The third-order valence-corrected chi connectivity index (χ3v) is 4.90. The summed E-state index contributed by atoms with van der Waals surface area (Å²) in [6.07, 6.45) is 5.73. The molecule has 5 nitrogen and oxygen atoms in total. The Morgan fingerprint density at radius 3 is 2.68 bits per heavy atom. The molecule has 1 N–H and O–H groups in total. The van der Waals surface area contributed by atoms with Crippen LogP contribution in [0.5, 0.6) is 0 Å². The highest BCUT2D eigenvalue weighted by atomic mass is 79.9. The van der Waals surface area contributed by atoms with Crippen LogP contribution in [0.15, 0.2) is 21.7 Å². The van der Waals surface area contributed by atoms with Crippen LogP contribution in [0.25, 0.3) is 0 Å². The van der Waals surface area contributed by atoms with Crippen LogP contribution >= 0.6 is 15.9 Å². The molecule has 1 aliphatic heterocycles. The zero-order chi connectivity index (χ0) is 15.5. The highest BCUT2D eigenvalue weighted by Crippen LogP contribution is 2.31. The second kappa shape index (κ2) is 6.87.